The van der Waals surface area contributed by atoms with E-state index in [0.29, 0.717) is 42.7 Å². The van der Waals surface area contributed by atoms with E-state index >= 15 is 0 Å². The van der Waals surface area contributed by atoms with Crippen LogP contribution in [0.2, 0.25) is 0 Å². The summed E-state index contributed by atoms with van der Waals surface area (Å²) in [5, 5.41) is 6.45. The van der Waals surface area contributed by atoms with Gasteiger partial charge in [-0.15, -0.1) is 24.0 Å². The van der Waals surface area contributed by atoms with Gasteiger partial charge < -0.3 is 24.8 Å². The Balaban J connectivity index is 0.00000392. The molecule has 2 N–H and O–H groups in total. The Kier molecular flexibility index (Phi) is 10.4. The monoisotopic (exact) mass is 503 g/mol. The highest BCUT2D eigenvalue weighted by atomic mass is 127. The normalized spacial score (nSPS) is 10.7. The molecule has 0 bridgehead atoms. The summed E-state index contributed by atoms with van der Waals surface area (Å²) in [6.07, 6.45) is 0.693. The van der Waals surface area contributed by atoms with Gasteiger partial charge in [-0.3, -0.25) is 4.99 Å². The van der Waals surface area contributed by atoms with Crippen LogP contribution in [0.1, 0.15) is 11.1 Å². The van der Waals surface area contributed by atoms with E-state index in [1.807, 2.05) is 18.2 Å². The Morgan fingerprint density at radius 3 is 2.36 bits per heavy atom. The second kappa shape index (κ2) is 12.3. The summed E-state index contributed by atoms with van der Waals surface area (Å²) in [5.41, 5.74) is 1.84. The molecule has 2 rings (SSSR count). The third-order valence-corrected chi connectivity index (χ3v) is 4.05. The van der Waals surface area contributed by atoms with Crippen LogP contribution in [0.4, 0.5) is 4.39 Å². The smallest absolute Gasteiger partial charge is 0.203 e. The van der Waals surface area contributed by atoms with Crippen LogP contribution in [-0.2, 0) is 13.0 Å². The van der Waals surface area contributed by atoms with E-state index in [2.05, 4.69) is 15.6 Å². The fourth-order valence-corrected chi connectivity index (χ4v) is 2.72. The summed E-state index contributed by atoms with van der Waals surface area (Å²) >= 11 is 0. The largest absolute Gasteiger partial charge is 0.493 e. The summed E-state index contributed by atoms with van der Waals surface area (Å²) in [5.74, 6) is 2.18. The number of benzene rings is 2. The van der Waals surface area contributed by atoms with Gasteiger partial charge in [-0.05, 0) is 36.2 Å². The van der Waals surface area contributed by atoms with Crippen molar-refractivity contribution < 1.29 is 18.6 Å². The third-order valence-electron chi connectivity index (χ3n) is 4.05. The first-order valence-electron chi connectivity index (χ1n) is 8.59. The molecule has 2 aromatic carbocycles. The average Bonchev–Trinajstić information content (AvgIpc) is 2.69. The average molecular weight is 503 g/mol. The standard InChI is InChI=1S/C20H26FN3O3.HI/c1-22-20(23-11-10-14-6-5-7-16(21)12-14)24-13-15-8-9-17(25-2)19(27-4)18(15)26-3;/h5-9,12H,10-11,13H2,1-4H3,(H2,22,23,24);1H. The number of ether oxygens (including phenoxy) is 3. The van der Waals surface area contributed by atoms with E-state index in [9.17, 15) is 4.39 Å². The van der Waals surface area contributed by atoms with Crippen LogP contribution in [0.3, 0.4) is 0 Å². The van der Waals surface area contributed by atoms with Crippen LogP contribution in [-0.4, -0.2) is 40.9 Å². The predicted molar refractivity (Wildman–Crippen MR) is 120 cm³/mol. The minimum Gasteiger partial charge on any atom is -0.493 e. The Hall–Kier alpha value is -2.23. The van der Waals surface area contributed by atoms with Gasteiger partial charge in [0.2, 0.25) is 5.75 Å². The minimum atomic E-state index is -0.226. The van der Waals surface area contributed by atoms with Gasteiger partial charge in [0.05, 0.1) is 21.3 Å². The molecule has 0 aliphatic rings. The molecule has 0 aromatic heterocycles. The second-order valence-corrected chi connectivity index (χ2v) is 5.73. The molecule has 28 heavy (non-hydrogen) atoms. The lowest BCUT2D eigenvalue weighted by molar-refractivity contribution is 0.322. The minimum absolute atomic E-state index is 0. The molecule has 0 aliphatic heterocycles. The molecule has 0 fully saturated rings. The number of guanidine groups is 1. The Morgan fingerprint density at radius 2 is 1.75 bits per heavy atom. The van der Waals surface area contributed by atoms with Crippen LogP contribution >= 0.6 is 24.0 Å². The summed E-state index contributed by atoms with van der Waals surface area (Å²) in [4.78, 5) is 4.21. The lowest BCUT2D eigenvalue weighted by atomic mass is 10.1. The SMILES string of the molecule is CN=C(NCCc1cccc(F)c1)NCc1ccc(OC)c(OC)c1OC.I. The van der Waals surface area contributed by atoms with Crippen LogP contribution in [0.15, 0.2) is 41.4 Å². The quantitative estimate of drug-likeness (QED) is 0.329. The lowest BCUT2D eigenvalue weighted by Gasteiger charge is -2.17. The molecule has 0 unspecified atom stereocenters. The van der Waals surface area contributed by atoms with Crippen molar-refractivity contribution in [3.05, 3.63) is 53.3 Å². The number of methoxy groups -OCH3 is 3. The molecule has 0 saturated carbocycles. The van der Waals surface area contributed by atoms with Crippen molar-refractivity contribution in [2.24, 2.45) is 4.99 Å². The predicted octanol–water partition coefficient (Wildman–Crippen LogP) is 3.38. The molecule has 0 atom stereocenters. The number of nitrogens with zero attached hydrogens (tertiary/aromatic N) is 1. The second-order valence-electron chi connectivity index (χ2n) is 5.73. The van der Waals surface area contributed by atoms with Gasteiger partial charge in [0.15, 0.2) is 17.5 Å². The Bertz CT molecular complexity index is 787. The van der Waals surface area contributed by atoms with Crippen molar-refractivity contribution >= 4 is 29.9 Å². The summed E-state index contributed by atoms with van der Waals surface area (Å²) < 4.78 is 29.4. The van der Waals surface area contributed by atoms with Crippen molar-refractivity contribution in [2.45, 2.75) is 13.0 Å². The number of aliphatic imine (C=N–C) groups is 1. The molecular weight excluding hydrogens is 476 g/mol. The Labute approximate surface area is 182 Å². The van der Waals surface area contributed by atoms with Gasteiger partial charge in [0, 0.05) is 25.7 Å². The maximum absolute atomic E-state index is 13.2. The van der Waals surface area contributed by atoms with E-state index in [0.717, 1.165) is 11.1 Å². The van der Waals surface area contributed by atoms with Crippen molar-refractivity contribution in [2.75, 3.05) is 34.9 Å². The van der Waals surface area contributed by atoms with Gasteiger partial charge in [-0.1, -0.05) is 12.1 Å². The van der Waals surface area contributed by atoms with E-state index in [1.54, 1.807) is 34.4 Å². The van der Waals surface area contributed by atoms with Gasteiger partial charge >= 0.3 is 0 Å². The van der Waals surface area contributed by atoms with E-state index in [1.165, 1.54) is 12.1 Å². The van der Waals surface area contributed by atoms with Crippen molar-refractivity contribution in [1.29, 1.82) is 0 Å². The molecule has 0 amide bonds. The van der Waals surface area contributed by atoms with Gasteiger partial charge in [0.1, 0.15) is 5.82 Å². The third kappa shape index (κ3) is 6.43. The molecule has 0 spiro atoms. The molecule has 2 aromatic rings. The highest BCUT2D eigenvalue weighted by molar-refractivity contribution is 14.0. The van der Waals surface area contributed by atoms with Crippen LogP contribution in [0.5, 0.6) is 17.2 Å². The van der Waals surface area contributed by atoms with Crippen molar-refractivity contribution in [3.8, 4) is 17.2 Å². The molecule has 8 heteroatoms. The lowest BCUT2D eigenvalue weighted by Crippen LogP contribution is -2.37. The van der Waals surface area contributed by atoms with E-state index in [-0.39, 0.29) is 29.8 Å². The number of hydrogen-bond acceptors (Lipinski definition) is 4. The maximum atomic E-state index is 13.2. The zero-order chi connectivity index (χ0) is 19.6. The topological polar surface area (TPSA) is 64.1 Å². The Morgan fingerprint density at radius 1 is 1.00 bits per heavy atom. The molecule has 0 radical (unpaired) electrons. The fraction of sp³-hybridized carbons (Fsp3) is 0.350. The van der Waals surface area contributed by atoms with Crippen molar-refractivity contribution in [1.82, 2.24) is 10.6 Å². The summed E-state index contributed by atoms with van der Waals surface area (Å²) in [6.45, 7) is 1.12. The highest BCUT2D eigenvalue weighted by Crippen LogP contribution is 2.39. The summed E-state index contributed by atoms with van der Waals surface area (Å²) in [7, 11) is 6.44. The number of rotatable bonds is 8. The van der Waals surface area contributed by atoms with Crippen LogP contribution in [0, 0.1) is 5.82 Å². The molecule has 0 saturated heterocycles. The summed E-state index contributed by atoms with van der Waals surface area (Å²) in [6, 6.07) is 10.3. The van der Waals surface area contributed by atoms with Gasteiger partial charge in [0.25, 0.3) is 0 Å². The van der Waals surface area contributed by atoms with Crippen LogP contribution < -0.4 is 24.8 Å². The first-order chi connectivity index (χ1) is 13.1. The number of hydrogen-bond donors (Lipinski definition) is 2. The number of nitrogens with one attached hydrogen (secondary N) is 2. The molecule has 154 valence electrons. The zero-order valence-electron chi connectivity index (χ0n) is 16.5. The maximum Gasteiger partial charge on any atom is 0.203 e. The molecule has 0 aliphatic carbocycles. The first-order valence-corrected chi connectivity index (χ1v) is 8.59. The van der Waals surface area contributed by atoms with Gasteiger partial charge in [-0.2, -0.15) is 0 Å². The van der Waals surface area contributed by atoms with Crippen molar-refractivity contribution in [3.63, 3.8) is 0 Å². The van der Waals surface area contributed by atoms with Gasteiger partial charge in [-0.25, -0.2) is 4.39 Å². The highest BCUT2D eigenvalue weighted by Gasteiger charge is 2.15. The fourth-order valence-electron chi connectivity index (χ4n) is 2.72. The molecule has 0 heterocycles. The number of halogens is 2. The van der Waals surface area contributed by atoms with E-state index < -0.39 is 0 Å². The first kappa shape index (κ1) is 23.8. The van der Waals surface area contributed by atoms with E-state index in [4.69, 9.17) is 14.2 Å². The van der Waals surface area contributed by atoms with Crippen LogP contribution in [0.25, 0.3) is 0 Å². The molecule has 6 nitrogen and oxygen atoms in total. The molecular formula is C20H27FIN3O3. The zero-order valence-corrected chi connectivity index (χ0v) is 18.9.